The zero-order valence-corrected chi connectivity index (χ0v) is 17.5. The molecule has 0 bridgehead atoms. The van der Waals surface area contributed by atoms with Crippen molar-refractivity contribution in [1.82, 2.24) is 9.55 Å². The number of hydrogen-bond donors (Lipinski definition) is 3. The highest BCUT2D eigenvalue weighted by molar-refractivity contribution is 7.57. The summed E-state index contributed by atoms with van der Waals surface area (Å²) in [7, 11) is -3.41. The molecule has 3 N–H and O–H groups in total. The van der Waals surface area contributed by atoms with Gasteiger partial charge in [0, 0.05) is 12.0 Å². The van der Waals surface area contributed by atoms with E-state index in [9.17, 15) is 24.4 Å². The summed E-state index contributed by atoms with van der Waals surface area (Å²) in [5.41, 5.74) is -1.59. The molecule has 1 aliphatic heterocycles. The Morgan fingerprint density at radius 1 is 1.34 bits per heavy atom. The topological polar surface area (TPSA) is 149 Å². The van der Waals surface area contributed by atoms with Gasteiger partial charge in [0.05, 0.1) is 26.4 Å². The van der Waals surface area contributed by atoms with Crippen LogP contribution in [0.4, 0.5) is 0 Å². The average Bonchev–Trinajstić information content (AvgIpc) is 2.98. The van der Waals surface area contributed by atoms with Crippen LogP contribution in [0.3, 0.4) is 0 Å². The molecule has 13 heteroatoms. The summed E-state index contributed by atoms with van der Waals surface area (Å²) in [6.07, 6.45) is -2.10. The van der Waals surface area contributed by atoms with Gasteiger partial charge in [-0.15, -0.1) is 0 Å². The van der Waals surface area contributed by atoms with Gasteiger partial charge in [-0.3, -0.25) is 18.9 Å². The molecule has 1 fully saturated rings. The molecule has 0 amide bonds. The van der Waals surface area contributed by atoms with Gasteiger partial charge in [-0.2, -0.15) is 0 Å². The van der Waals surface area contributed by atoms with Crippen molar-refractivity contribution >= 4 is 19.2 Å². The first-order chi connectivity index (χ1) is 13.8. The number of hydrogen-bond acceptors (Lipinski definition) is 9. The standard InChI is InChI=1S/C16H24ClN2O9P/c1-3-26-29(24,27-4-2)7-5-6-25-13-12(21)11(9-20)28-15(13)19-8-10(17)14(22)18-16(19)23/h5,7-8,11-13,15,20-21H,3-4,6,9H2,1-2H3,(H,18,22,23)/b7-5+/t11-,12-,13-,15-/m1/s1. The number of H-pyrrole nitrogens is 1. The van der Waals surface area contributed by atoms with E-state index >= 15 is 0 Å². The summed E-state index contributed by atoms with van der Waals surface area (Å²) in [5.74, 6) is 1.24. The van der Waals surface area contributed by atoms with Crippen LogP contribution >= 0.6 is 19.2 Å². The molecule has 0 saturated carbocycles. The highest BCUT2D eigenvalue weighted by Gasteiger charge is 2.45. The molecular weight excluding hydrogens is 431 g/mol. The molecule has 11 nitrogen and oxygen atoms in total. The summed E-state index contributed by atoms with van der Waals surface area (Å²) < 4.78 is 34.7. The molecule has 29 heavy (non-hydrogen) atoms. The Bertz CT molecular complexity index is 861. The van der Waals surface area contributed by atoms with Gasteiger partial charge in [0.15, 0.2) is 6.23 Å². The van der Waals surface area contributed by atoms with E-state index in [-0.39, 0.29) is 24.8 Å². The van der Waals surface area contributed by atoms with E-state index in [0.717, 1.165) is 10.8 Å². The van der Waals surface area contributed by atoms with Gasteiger partial charge in [-0.1, -0.05) is 17.7 Å². The van der Waals surface area contributed by atoms with Gasteiger partial charge in [-0.05, 0) is 13.8 Å². The molecule has 0 aromatic carbocycles. The largest absolute Gasteiger partial charge is 0.394 e. The molecule has 0 unspecified atom stereocenters. The molecule has 2 heterocycles. The van der Waals surface area contributed by atoms with Crippen molar-refractivity contribution in [3.05, 3.63) is 44.0 Å². The van der Waals surface area contributed by atoms with Crippen LogP contribution in [0.25, 0.3) is 0 Å². The molecule has 164 valence electrons. The summed E-state index contributed by atoms with van der Waals surface area (Å²) >= 11 is 5.77. The Morgan fingerprint density at radius 3 is 2.59 bits per heavy atom. The number of halogens is 1. The number of nitrogens with zero attached hydrogens (tertiary/aromatic N) is 1. The van der Waals surface area contributed by atoms with Gasteiger partial charge in [0.25, 0.3) is 5.56 Å². The normalized spacial score (nSPS) is 25.1. The highest BCUT2D eigenvalue weighted by Crippen LogP contribution is 2.49. The molecule has 0 spiro atoms. The number of aliphatic hydroxyl groups is 2. The zero-order chi connectivity index (χ0) is 21.6. The third-order valence-corrected chi connectivity index (χ3v) is 6.06. The lowest BCUT2D eigenvalue weighted by Gasteiger charge is -2.22. The SMILES string of the molecule is CCOP(=O)(/C=C/CO[C@@H]1[C@H](O)[C@@H](CO)O[C@H]1n1cc(Cl)c(=O)[nH]c1=O)OCC. The van der Waals surface area contributed by atoms with Crippen LogP contribution in [0.15, 0.2) is 27.7 Å². The number of rotatable bonds is 10. The van der Waals surface area contributed by atoms with Crippen molar-refractivity contribution in [3.63, 3.8) is 0 Å². The second-order valence-corrected chi connectivity index (χ2v) is 8.24. The smallest absolute Gasteiger partial charge is 0.353 e. The number of aliphatic hydroxyl groups excluding tert-OH is 2. The van der Waals surface area contributed by atoms with E-state index < -0.39 is 50.0 Å². The van der Waals surface area contributed by atoms with Crippen molar-refractivity contribution in [2.24, 2.45) is 0 Å². The number of aromatic amines is 1. The fourth-order valence-electron chi connectivity index (χ4n) is 2.74. The molecular formula is C16H24ClN2O9P. The first kappa shape index (κ1) is 24.0. The Balaban J connectivity index is 2.19. The Kier molecular flexibility index (Phi) is 8.80. The van der Waals surface area contributed by atoms with Crippen LogP contribution in [0.5, 0.6) is 0 Å². The Labute approximate surface area is 171 Å². The van der Waals surface area contributed by atoms with E-state index in [1.807, 2.05) is 4.98 Å². The average molecular weight is 455 g/mol. The molecule has 1 aliphatic rings. The van der Waals surface area contributed by atoms with Crippen molar-refractivity contribution in [2.75, 3.05) is 26.4 Å². The quantitative estimate of drug-likeness (QED) is 0.432. The number of ether oxygens (including phenoxy) is 2. The minimum absolute atomic E-state index is 0.129. The van der Waals surface area contributed by atoms with Crippen LogP contribution in [-0.4, -0.2) is 64.5 Å². The highest BCUT2D eigenvalue weighted by atomic mass is 35.5. The fraction of sp³-hybridized carbons (Fsp3) is 0.625. The minimum Gasteiger partial charge on any atom is -0.394 e. The second kappa shape index (κ2) is 10.6. The van der Waals surface area contributed by atoms with Crippen molar-refractivity contribution in [2.45, 2.75) is 38.4 Å². The van der Waals surface area contributed by atoms with E-state index in [1.54, 1.807) is 13.8 Å². The maximum Gasteiger partial charge on any atom is 0.353 e. The first-order valence-electron chi connectivity index (χ1n) is 8.89. The van der Waals surface area contributed by atoms with Gasteiger partial charge >= 0.3 is 13.3 Å². The van der Waals surface area contributed by atoms with Crippen molar-refractivity contribution in [1.29, 1.82) is 0 Å². The van der Waals surface area contributed by atoms with E-state index in [2.05, 4.69) is 0 Å². The lowest BCUT2D eigenvalue weighted by molar-refractivity contribution is -0.0686. The van der Waals surface area contributed by atoms with Crippen molar-refractivity contribution < 1.29 is 33.3 Å². The van der Waals surface area contributed by atoms with Crippen LogP contribution in [-0.2, 0) is 23.1 Å². The Morgan fingerprint density at radius 2 is 2.00 bits per heavy atom. The summed E-state index contributed by atoms with van der Waals surface area (Å²) in [4.78, 5) is 25.6. The lowest BCUT2D eigenvalue weighted by Crippen LogP contribution is -2.39. The number of aromatic nitrogens is 2. The molecule has 1 aromatic heterocycles. The molecule has 4 atom stereocenters. The lowest BCUT2D eigenvalue weighted by atomic mass is 10.1. The maximum absolute atomic E-state index is 12.4. The van der Waals surface area contributed by atoms with Crippen LogP contribution in [0.1, 0.15) is 20.1 Å². The van der Waals surface area contributed by atoms with Crippen LogP contribution in [0, 0.1) is 0 Å². The molecule has 1 saturated heterocycles. The fourth-order valence-corrected chi connectivity index (χ4v) is 4.21. The molecule has 2 rings (SSSR count). The second-order valence-electron chi connectivity index (χ2n) is 5.94. The third-order valence-electron chi connectivity index (χ3n) is 3.98. The van der Waals surface area contributed by atoms with Crippen LogP contribution in [0.2, 0.25) is 5.02 Å². The summed E-state index contributed by atoms with van der Waals surface area (Å²) in [6, 6.07) is 0. The predicted molar refractivity (Wildman–Crippen MR) is 103 cm³/mol. The summed E-state index contributed by atoms with van der Waals surface area (Å²) in [6.45, 7) is 3.07. The van der Waals surface area contributed by atoms with Crippen molar-refractivity contribution in [3.8, 4) is 0 Å². The minimum atomic E-state index is -3.41. The molecule has 0 radical (unpaired) electrons. The predicted octanol–water partition coefficient (Wildman–Crippen LogP) is 0.606. The van der Waals surface area contributed by atoms with E-state index in [4.69, 9.17) is 30.1 Å². The van der Waals surface area contributed by atoms with E-state index in [0.29, 0.717) is 0 Å². The van der Waals surface area contributed by atoms with Gasteiger partial charge < -0.3 is 28.7 Å². The first-order valence-corrected chi connectivity index (χ1v) is 10.9. The monoisotopic (exact) mass is 454 g/mol. The van der Waals surface area contributed by atoms with E-state index in [1.165, 1.54) is 11.9 Å². The maximum atomic E-state index is 12.4. The Hall–Kier alpha value is -1.30. The molecule has 0 aliphatic carbocycles. The van der Waals surface area contributed by atoms with Gasteiger partial charge in [0.2, 0.25) is 0 Å². The third kappa shape index (κ3) is 5.87. The van der Waals surface area contributed by atoms with Gasteiger partial charge in [0.1, 0.15) is 23.3 Å². The molecule has 1 aromatic rings. The zero-order valence-electron chi connectivity index (χ0n) is 15.9. The van der Waals surface area contributed by atoms with Crippen LogP contribution < -0.4 is 11.2 Å². The van der Waals surface area contributed by atoms with Gasteiger partial charge in [-0.25, -0.2) is 4.79 Å². The summed E-state index contributed by atoms with van der Waals surface area (Å²) in [5, 5.41) is 19.5. The number of nitrogens with one attached hydrogen (secondary N) is 1.